The maximum Gasteiger partial charge on any atom is 0.256 e. The van der Waals surface area contributed by atoms with Crippen LogP contribution >= 0.6 is 15.9 Å². The maximum atomic E-state index is 12.2. The second kappa shape index (κ2) is 6.87. The zero-order valence-electron chi connectivity index (χ0n) is 12.1. The largest absolute Gasteiger partial charge is 0.341 e. The van der Waals surface area contributed by atoms with Gasteiger partial charge in [0.2, 0.25) is 5.95 Å². The normalized spacial score (nSPS) is 14.7. The van der Waals surface area contributed by atoms with E-state index < -0.39 is 0 Å². The molecule has 3 rings (SSSR count). The summed E-state index contributed by atoms with van der Waals surface area (Å²) in [5.74, 6) is 0.556. The van der Waals surface area contributed by atoms with Crippen molar-refractivity contribution in [2.75, 3.05) is 23.3 Å². The number of anilines is 2. The van der Waals surface area contributed by atoms with Crippen molar-refractivity contribution < 1.29 is 4.79 Å². The van der Waals surface area contributed by atoms with E-state index in [1.165, 1.54) is 19.3 Å². The number of aromatic nitrogens is 2. The van der Waals surface area contributed by atoms with Crippen molar-refractivity contribution in [3.8, 4) is 0 Å². The molecule has 0 aliphatic carbocycles. The number of nitrogens with one attached hydrogen (secondary N) is 1. The molecule has 0 radical (unpaired) electrons. The summed E-state index contributed by atoms with van der Waals surface area (Å²) < 4.78 is 0.762. The van der Waals surface area contributed by atoms with Crippen LogP contribution in [0.15, 0.2) is 41.1 Å². The molecule has 1 aliphatic rings. The van der Waals surface area contributed by atoms with E-state index in [4.69, 9.17) is 0 Å². The zero-order chi connectivity index (χ0) is 15.4. The van der Waals surface area contributed by atoms with Gasteiger partial charge in [0.1, 0.15) is 0 Å². The Morgan fingerprint density at radius 3 is 2.45 bits per heavy atom. The van der Waals surface area contributed by atoms with Gasteiger partial charge in [-0.1, -0.05) is 12.1 Å². The minimum atomic E-state index is -0.179. The summed E-state index contributed by atoms with van der Waals surface area (Å²) in [6, 6.07) is 7.31. The maximum absolute atomic E-state index is 12.2. The number of piperidine rings is 1. The molecule has 5 nitrogen and oxygen atoms in total. The number of hydrogen-bond acceptors (Lipinski definition) is 4. The van der Waals surface area contributed by atoms with Crippen molar-refractivity contribution in [2.45, 2.75) is 19.3 Å². The number of halogens is 1. The fraction of sp³-hybridized carbons (Fsp3) is 0.312. The van der Waals surface area contributed by atoms with E-state index in [9.17, 15) is 4.79 Å². The number of amides is 1. The predicted octanol–water partition coefficient (Wildman–Crippen LogP) is 3.48. The van der Waals surface area contributed by atoms with Gasteiger partial charge in [-0.05, 0) is 47.3 Å². The third-order valence-electron chi connectivity index (χ3n) is 3.65. The molecule has 2 aromatic rings. The van der Waals surface area contributed by atoms with Gasteiger partial charge in [-0.25, -0.2) is 9.97 Å². The van der Waals surface area contributed by atoms with Crippen molar-refractivity contribution in [1.29, 1.82) is 0 Å². The first-order valence-corrected chi connectivity index (χ1v) is 8.16. The lowest BCUT2D eigenvalue weighted by Crippen LogP contribution is -2.30. The summed E-state index contributed by atoms with van der Waals surface area (Å²) in [4.78, 5) is 23.1. The Labute approximate surface area is 137 Å². The average Bonchev–Trinajstić information content (AvgIpc) is 2.57. The fourth-order valence-corrected chi connectivity index (χ4v) is 2.95. The first-order chi connectivity index (χ1) is 10.7. The van der Waals surface area contributed by atoms with Crippen molar-refractivity contribution in [3.63, 3.8) is 0 Å². The first kappa shape index (κ1) is 15.0. The lowest BCUT2D eigenvalue weighted by molar-refractivity contribution is 0.102. The van der Waals surface area contributed by atoms with Crippen molar-refractivity contribution >= 4 is 33.5 Å². The molecule has 1 amide bonds. The van der Waals surface area contributed by atoms with Gasteiger partial charge in [0.05, 0.1) is 23.6 Å². The average molecular weight is 361 g/mol. The van der Waals surface area contributed by atoms with Crippen LogP contribution < -0.4 is 10.2 Å². The van der Waals surface area contributed by atoms with E-state index in [1.807, 2.05) is 18.2 Å². The molecule has 0 spiro atoms. The van der Waals surface area contributed by atoms with Crippen LogP contribution in [-0.2, 0) is 0 Å². The molecular formula is C16H17BrN4O. The van der Waals surface area contributed by atoms with Gasteiger partial charge in [-0.15, -0.1) is 0 Å². The fourth-order valence-electron chi connectivity index (χ4n) is 2.49. The minimum absolute atomic E-state index is 0.179. The first-order valence-electron chi connectivity index (χ1n) is 7.37. The minimum Gasteiger partial charge on any atom is -0.341 e. The highest BCUT2D eigenvalue weighted by Crippen LogP contribution is 2.19. The zero-order valence-corrected chi connectivity index (χ0v) is 13.7. The number of rotatable bonds is 3. The standard InChI is InChI=1S/C16H17BrN4O/c17-14-7-3-2-6-13(14)15(22)20-12-10-18-16(19-11-12)21-8-4-1-5-9-21/h2-3,6-7,10-11H,1,4-5,8-9H2,(H,20,22). The molecule has 1 saturated heterocycles. The second-order valence-corrected chi connectivity index (χ2v) is 6.11. The topological polar surface area (TPSA) is 58.1 Å². The summed E-state index contributed by atoms with van der Waals surface area (Å²) in [6.45, 7) is 2.01. The smallest absolute Gasteiger partial charge is 0.256 e. The van der Waals surface area contributed by atoms with E-state index in [2.05, 4.69) is 36.1 Å². The van der Waals surface area contributed by atoms with Crippen LogP contribution in [0.5, 0.6) is 0 Å². The molecule has 6 heteroatoms. The molecule has 1 N–H and O–H groups in total. The van der Waals surface area contributed by atoms with Crippen molar-refractivity contribution in [3.05, 3.63) is 46.7 Å². The van der Waals surface area contributed by atoms with Gasteiger partial charge in [-0.2, -0.15) is 0 Å². The highest BCUT2D eigenvalue weighted by Gasteiger charge is 2.14. The summed E-state index contributed by atoms with van der Waals surface area (Å²) in [6.07, 6.45) is 6.96. The summed E-state index contributed by atoms with van der Waals surface area (Å²) in [5, 5.41) is 2.82. The number of carbonyl (C=O) groups is 1. The third-order valence-corrected chi connectivity index (χ3v) is 4.34. The molecular weight excluding hydrogens is 344 g/mol. The summed E-state index contributed by atoms with van der Waals surface area (Å²) in [7, 11) is 0. The van der Waals surface area contributed by atoms with Gasteiger partial charge in [0, 0.05) is 17.6 Å². The van der Waals surface area contributed by atoms with Gasteiger partial charge >= 0.3 is 0 Å². The molecule has 1 aliphatic heterocycles. The Morgan fingerprint density at radius 1 is 1.09 bits per heavy atom. The van der Waals surface area contributed by atoms with Gasteiger partial charge in [0.25, 0.3) is 5.91 Å². The molecule has 1 aromatic carbocycles. The lowest BCUT2D eigenvalue weighted by atomic mass is 10.1. The van der Waals surface area contributed by atoms with E-state index in [1.54, 1.807) is 18.5 Å². The molecule has 114 valence electrons. The molecule has 0 atom stereocenters. The van der Waals surface area contributed by atoms with E-state index >= 15 is 0 Å². The molecule has 1 fully saturated rings. The monoisotopic (exact) mass is 360 g/mol. The Morgan fingerprint density at radius 2 is 1.77 bits per heavy atom. The molecule has 22 heavy (non-hydrogen) atoms. The van der Waals surface area contributed by atoms with E-state index in [-0.39, 0.29) is 5.91 Å². The quantitative estimate of drug-likeness (QED) is 0.910. The van der Waals surface area contributed by atoms with E-state index in [0.29, 0.717) is 11.3 Å². The van der Waals surface area contributed by atoms with Crippen LogP contribution in [0.2, 0.25) is 0 Å². The molecule has 0 saturated carbocycles. The molecule has 0 unspecified atom stereocenters. The number of hydrogen-bond donors (Lipinski definition) is 1. The van der Waals surface area contributed by atoms with Gasteiger partial charge < -0.3 is 10.2 Å². The Kier molecular flexibility index (Phi) is 4.68. The molecule has 0 bridgehead atoms. The Balaban J connectivity index is 1.68. The van der Waals surface area contributed by atoms with E-state index in [0.717, 1.165) is 23.5 Å². The second-order valence-electron chi connectivity index (χ2n) is 5.25. The van der Waals surface area contributed by atoms with Crippen molar-refractivity contribution in [1.82, 2.24) is 9.97 Å². The van der Waals surface area contributed by atoms with Crippen molar-refractivity contribution in [2.24, 2.45) is 0 Å². The highest BCUT2D eigenvalue weighted by atomic mass is 79.9. The number of benzene rings is 1. The van der Waals surface area contributed by atoms with Crippen LogP contribution in [0.3, 0.4) is 0 Å². The Bertz CT molecular complexity index is 653. The summed E-state index contributed by atoms with van der Waals surface area (Å²) >= 11 is 3.38. The van der Waals surface area contributed by atoms with Crippen LogP contribution in [0.25, 0.3) is 0 Å². The summed E-state index contributed by atoms with van der Waals surface area (Å²) in [5.41, 5.74) is 1.18. The van der Waals surface area contributed by atoms with Gasteiger partial charge in [0.15, 0.2) is 0 Å². The third kappa shape index (κ3) is 3.44. The predicted molar refractivity (Wildman–Crippen MR) is 90.2 cm³/mol. The van der Waals surface area contributed by atoms with Crippen LogP contribution in [0.4, 0.5) is 11.6 Å². The lowest BCUT2D eigenvalue weighted by Gasteiger charge is -2.26. The van der Waals surface area contributed by atoms with Gasteiger partial charge in [-0.3, -0.25) is 4.79 Å². The van der Waals surface area contributed by atoms with Crippen LogP contribution in [0, 0.1) is 0 Å². The van der Waals surface area contributed by atoms with Crippen LogP contribution in [0.1, 0.15) is 29.6 Å². The van der Waals surface area contributed by atoms with Crippen LogP contribution in [-0.4, -0.2) is 29.0 Å². The number of nitrogens with zero attached hydrogens (tertiary/aromatic N) is 3. The highest BCUT2D eigenvalue weighted by molar-refractivity contribution is 9.10. The Hall–Kier alpha value is -1.95. The molecule has 1 aromatic heterocycles. The number of carbonyl (C=O) groups excluding carboxylic acids is 1. The molecule has 2 heterocycles. The SMILES string of the molecule is O=C(Nc1cnc(N2CCCCC2)nc1)c1ccccc1Br.